The zero-order valence-electron chi connectivity index (χ0n) is 22.9. The van der Waals surface area contributed by atoms with Gasteiger partial charge in [-0.15, -0.1) is 0 Å². The minimum absolute atomic E-state index is 0.175. The van der Waals surface area contributed by atoms with E-state index in [-0.39, 0.29) is 25.0 Å². The first-order valence-electron chi connectivity index (χ1n) is 13.0. The van der Waals surface area contributed by atoms with Gasteiger partial charge in [0.2, 0.25) is 6.79 Å². The summed E-state index contributed by atoms with van der Waals surface area (Å²) in [5.41, 5.74) is 2.16. The third-order valence-corrected chi connectivity index (χ3v) is 6.61. The number of methoxy groups -OCH3 is 2. The number of benzene rings is 1. The summed E-state index contributed by atoms with van der Waals surface area (Å²) in [5.74, 6) is 0.713. The summed E-state index contributed by atoms with van der Waals surface area (Å²) in [6, 6.07) is 4.04. The smallest absolute Gasteiger partial charge is 0.336 e. The van der Waals surface area contributed by atoms with Crippen LogP contribution in [0.5, 0.6) is 11.5 Å². The Labute approximate surface area is 220 Å². The monoisotopic (exact) mass is 519 g/mol. The lowest BCUT2D eigenvalue weighted by atomic mass is 9.87. The highest BCUT2D eigenvalue weighted by molar-refractivity contribution is 5.82. The van der Waals surface area contributed by atoms with Crippen LogP contribution in [0.25, 0.3) is 0 Å². The second-order valence-corrected chi connectivity index (χ2v) is 9.81. The molecule has 3 rings (SSSR count). The molecule has 0 spiro atoms. The Morgan fingerprint density at radius 1 is 1.16 bits per heavy atom. The first-order chi connectivity index (χ1) is 17.8. The van der Waals surface area contributed by atoms with Gasteiger partial charge in [0.15, 0.2) is 23.7 Å². The fraction of sp³-hybridized carbons (Fsp3) is 0.643. The van der Waals surface area contributed by atoms with Crippen LogP contribution in [-0.4, -0.2) is 76.3 Å². The Kier molecular flexibility index (Phi) is 10.6. The Balaban J connectivity index is 1.99. The number of allylic oxidation sites excluding steroid dienone is 1. The van der Waals surface area contributed by atoms with E-state index < -0.39 is 24.1 Å². The van der Waals surface area contributed by atoms with Crippen molar-refractivity contribution in [1.29, 1.82) is 0 Å². The first kappa shape index (κ1) is 28.8. The van der Waals surface area contributed by atoms with Crippen LogP contribution in [0.1, 0.15) is 57.6 Å². The summed E-state index contributed by atoms with van der Waals surface area (Å²) in [7, 11) is 2.85. The number of hydrogen-bond donors (Lipinski definition) is 0. The quantitative estimate of drug-likeness (QED) is 0.302. The summed E-state index contributed by atoms with van der Waals surface area (Å²) in [4.78, 5) is 27.9. The van der Waals surface area contributed by atoms with Crippen LogP contribution in [-0.2, 0) is 35.0 Å². The van der Waals surface area contributed by atoms with E-state index in [2.05, 4.69) is 11.8 Å². The van der Waals surface area contributed by atoms with Crippen LogP contribution in [0, 0.1) is 5.92 Å². The van der Waals surface area contributed by atoms with Crippen molar-refractivity contribution in [3.05, 3.63) is 35.1 Å². The normalized spacial score (nSPS) is 19.1. The molecule has 0 unspecified atom stereocenters. The SMILES string of the molecule is C/C=C(/OC)[C@@H](OC(=O)[C@@H](CC(=O)OC)OCC(C)C)[C@@H]1CN(CCC)CCc2cc3c(cc21)OCO3. The second kappa shape index (κ2) is 13.7. The van der Waals surface area contributed by atoms with E-state index in [9.17, 15) is 9.59 Å². The summed E-state index contributed by atoms with van der Waals surface area (Å²) in [6.07, 6.45) is 1.60. The van der Waals surface area contributed by atoms with E-state index in [4.69, 9.17) is 28.4 Å². The fourth-order valence-corrected chi connectivity index (χ4v) is 4.78. The molecule has 0 N–H and O–H groups in total. The molecule has 37 heavy (non-hydrogen) atoms. The molecule has 0 amide bonds. The maximum Gasteiger partial charge on any atom is 0.336 e. The topological polar surface area (TPSA) is 92.8 Å². The van der Waals surface area contributed by atoms with Crippen LogP contribution in [0.3, 0.4) is 0 Å². The van der Waals surface area contributed by atoms with Gasteiger partial charge < -0.3 is 33.3 Å². The van der Waals surface area contributed by atoms with E-state index in [1.54, 1.807) is 7.11 Å². The van der Waals surface area contributed by atoms with Crippen LogP contribution < -0.4 is 9.47 Å². The van der Waals surface area contributed by atoms with E-state index in [0.717, 1.165) is 42.8 Å². The predicted octanol–water partition coefficient (Wildman–Crippen LogP) is 3.83. The molecule has 0 saturated heterocycles. The number of ether oxygens (including phenoxy) is 6. The van der Waals surface area contributed by atoms with Crippen molar-refractivity contribution >= 4 is 11.9 Å². The molecule has 2 aliphatic heterocycles. The number of hydrogen-bond acceptors (Lipinski definition) is 9. The lowest BCUT2D eigenvalue weighted by Crippen LogP contribution is -2.40. The largest absolute Gasteiger partial charge is 0.497 e. The lowest BCUT2D eigenvalue weighted by Gasteiger charge is -2.32. The minimum atomic E-state index is -1.08. The van der Waals surface area contributed by atoms with Gasteiger partial charge in [-0.25, -0.2) is 4.79 Å². The molecule has 206 valence electrons. The summed E-state index contributed by atoms with van der Waals surface area (Å²) in [6.45, 7) is 10.9. The zero-order chi connectivity index (χ0) is 26.9. The van der Waals surface area contributed by atoms with Crippen molar-refractivity contribution in [2.45, 2.75) is 65.1 Å². The van der Waals surface area contributed by atoms with Gasteiger partial charge in [0.05, 0.1) is 27.2 Å². The number of esters is 2. The average molecular weight is 520 g/mol. The summed E-state index contributed by atoms with van der Waals surface area (Å²) in [5, 5.41) is 0. The van der Waals surface area contributed by atoms with E-state index >= 15 is 0 Å². The average Bonchev–Trinajstić information content (AvgIpc) is 3.27. The summed E-state index contributed by atoms with van der Waals surface area (Å²) >= 11 is 0. The molecule has 0 radical (unpaired) electrons. The van der Waals surface area contributed by atoms with Gasteiger partial charge >= 0.3 is 11.9 Å². The Morgan fingerprint density at radius 2 is 1.89 bits per heavy atom. The van der Waals surface area contributed by atoms with E-state index in [0.29, 0.717) is 24.7 Å². The van der Waals surface area contributed by atoms with Gasteiger partial charge in [-0.1, -0.05) is 20.8 Å². The molecule has 0 bridgehead atoms. The highest BCUT2D eigenvalue weighted by Crippen LogP contribution is 2.41. The predicted molar refractivity (Wildman–Crippen MR) is 138 cm³/mol. The van der Waals surface area contributed by atoms with Gasteiger partial charge in [-0.2, -0.15) is 0 Å². The molecule has 0 fully saturated rings. The number of nitrogens with zero attached hydrogens (tertiary/aromatic N) is 1. The maximum atomic E-state index is 13.5. The third kappa shape index (κ3) is 7.38. The molecule has 0 saturated carbocycles. The highest BCUT2D eigenvalue weighted by Gasteiger charge is 2.38. The van der Waals surface area contributed by atoms with Gasteiger partial charge in [0, 0.05) is 19.0 Å². The van der Waals surface area contributed by atoms with Gasteiger partial charge in [0.1, 0.15) is 5.76 Å². The van der Waals surface area contributed by atoms with Gasteiger partial charge in [0.25, 0.3) is 0 Å². The maximum absolute atomic E-state index is 13.5. The molecule has 0 aliphatic carbocycles. The van der Waals surface area contributed by atoms with Crippen molar-refractivity contribution in [1.82, 2.24) is 4.90 Å². The highest BCUT2D eigenvalue weighted by atomic mass is 16.7. The molecule has 9 nitrogen and oxygen atoms in total. The first-order valence-corrected chi connectivity index (χ1v) is 13.0. The molecule has 9 heteroatoms. The molecule has 1 aromatic carbocycles. The van der Waals surface area contributed by atoms with Gasteiger partial charge in [-0.3, -0.25) is 4.79 Å². The molecule has 0 aromatic heterocycles. The van der Waals surface area contributed by atoms with Crippen LogP contribution in [0.4, 0.5) is 0 Å². The minimum Gasteiger partial charge on any atom is -0.497 e. The van der Waals surface area contributed by atoms with Crippen LogP contribution in [0.15, 0.2) is 24.0 Å². The number of carbonyl (C=O) groups is 2. The van der Waals surface area contributed by atoms with E-state index in [1.807, 2.05) is 39.0 Å². The molecule has 1 aromatic rings. The number of fused-ring (bicyclic) bond motifs is 2. The Bertz CT molecular complexity index is 960. The van der Waals surface area contributed by atoms with Crippen molar-refractivity contribution in [3.8, 4) is 11.5 Å². The van der Waals surface area contributed by atoms with Crippen LogP contribution in [0.2, 0.25) is 0 Å². The number of rotatable bonds is 12. The van der Waals surface area contributed by atoms with Crippen LogP contribution >= 0.6 is 0 Å². The molecule has 3 atom stereocenters. The van der Waals surface area contributed by atoms with Gasteiger partial charge in [-0.05, 0) is 61.6 Å². The summed E-state index contributed by atoms with van der Waals surface area (Å²) < 4.78 is 33.8. The van der Waals surface area contributed by atoms with Crippen molar-refractivity contribution in [3.63, 3.8) is 0 Å². The molecular weight excluding hydrogens is 478 g/mol. The number of carbonyl (C=O) groups excluding carboxylic acids is 2. The lowest BCUT2D eigenvalue weighted by molar-refractivity contribution is -0.169. The van der Waals surface area contributed by atoms with Crippen molar-refractivity contribution in [2.24, 2.45) is 5.92 Å². The second-order valence-electron chi connectivity index (χ2n) is 9.81. The fourth-order valence-electron chi connectivity index (χ4n) is 4.78. The molecule has 2 heterocycles. The molecular formula is C28H41NO8. The molecule has 2 aliphatic rings. The third-order valence-electron chi connectivity index (χ3n) is 6.61. The van der Waals surface area contributed by atoms with Crippen molar-refractivity contribution < 1.29 is 38.0 Å². The Hall–Kier alpha value is -2.78. The Morgan fingerprint density at radius 3 is 2.51 bits per heavy atom. The zero-order valence-corrected chi connectivity index (χ0v) is 22.9. The van der Waals surface area contributed by atoms with E-state index in [1.165, 1.54) is 7.11 Å². The van der Waals surface area contributed by atoms with Crippen molar-refractivity contribution in [2.75, 3.05) is 47.3 Å². The standard InChI is InChI=1S/C28H41NO8/c1-7-10-29-11-9-19-12-23-24(36-17-35-23)13-20(19)21(15-29)27(22(8-2)32-5)37-28(31)25(14-26(30)33-6)34-16-18(3)4/h8,12-13,18,21,25,27H,7,9-11,14-17H2,1-6H3/b22-8+/t21-,25-,27+/m1/s1.